The first-order valence-electron chi connectivity index (χ1n) is 9.97. The van der Waals surface area contributed by atoms with Crippen molar-refractivity contribution in [3.8, 4) is 22.9 Å². The lowest BCUT2D eigenvalue weighted by atomic mass is 9.94. The number of nitrogens with one attached hydrogen (secondary N) is 1. The van der Waals surface area contributed by atoms with E-state index in [9.17, 15) is 0 Å². The molecule has 0 saturated heterocycles. The van der Waals surface area contributed by atoms with Gasteiger partial charge in [-0.3, -0.25) is 0 Å². The number of methoxy groups -OCH3 is 2. The van der Waals surface area contributed by atoms with Gasteiger partial charge in [-0.05, 0) is 68.0 Å². The van der Waals surface area contributed by atoms with E-state index in [1.165, 1.54) is 0 Å². The maximum atomic E-state index is 5.73. The highest BCUT2D eigenvalue weighted by atomic mass is 32.1. The van der Waals surface area contributed by atoms with Crippen molar-refractivity contribution in [3.05, 3.63) is 65.7 Å². The Morgan fingerprint density at radius 3 is 2.52 bits per heavy atom. The van der Waals surface area contributed by atoms with Gasteiger partial charge in [-0.15, -0.1) is 0 Å². The Labute approximate surface area is 186 Å². The van der Waals surface area contributed by atoms with Crippen molar-refractivity contribution >= 4 is 22.9 Å². The van der Waals surface area contributed by atoms with Crippen LogP contribution in [0.2, 0.25) is 0 Å². The summed E-state index contributed by atoms with van der Waals surface area (Å²) in [5, 5.41) is 8.30. The molecule has 0 amide bonds. The molecule has 4 rings (SSSR count). The molecule has 0 spiro atoms. The highest BCUT2D eigenvalue weighted by Crippen LogP contribution is 2.38. The Balaban J connectivity index is 1.78. The maximum Gasteiger partial charge on any atom is 0.258 e. The van der Waals surface area contributed by atoms with Crippen LogP contribution >= 0.6 is 12.2 Å². The average molecular weight is 437 g/mol. The van der Waals surface area contributed by atoms with Crippen LogP contribution in [-0.2, 0) is 0 Å². The number of ether oxygens (including phenoxy) is 2. The van der Waals surface area contributed by atoms with Gasteiger partial charge in [0.15, 0.2) is 5.11 Å². The van der Waals surface area contributed by atoms with E-state index in [-0.39, 0.29) is 6.04 Å². The number of nitrogens with zero attached hydrogens (tertiary/aromatic N) is 3. The lowest BCUT2D eigenvalue weighted by molar-refractivity contribution is 0.397. The molecule has 1 N–H and O–H groups in total. The van der Waals surface area contributed by atoms with Crippen LogP contribution in [-0.4, -0.2) is 40.9 Å². The molecule has 8 heteroatoms. The Morgan fingerprint density at radius 1 is 1.10 bits per heavy atom. The van der Waals surface area contributed by atoms with Gasteiger partial charge in [0.25, 0.3) is 5.89 Å². The highest BCUT2D eigenvalue weighted by Gasteiger charge is 2.33. The van der Waals surface area contributed by atoms with Crippen molar-refractivity contribution in [2.75, 3.05) is 20.8 Å². The smallest absolute Gasteiger partial charge is 0.258 e. The molecule has 0 fully saturated rings. The minimum atomic E-state index is -0.241. The van der Waals surface area contributed by atoms with Crippen molar-refractivity contribution in [2.24, 2.45) is 0 Å². The van der Waals surface area contributed by atoms with Crippen LogP contribution in [0.1, 0.15) is 31.3 Å². The van der Waals surface area contributed by atoms with Gasteiger partial charge in [0.1, 0.15) is 11.5 Å². The lowest BCUT2D eigenvalue weighted by Gasteiger charge is -2.36. The molecular formula is C23H24N4O3S. The molecule has 1 atom stereocenters. The standard InChI is InChI=1S/C23H24N4O3S/c1-5-27-14(2)19(20(24-23(27)31)16-7-6-8-18(13-16)29-4)22-25-21(26-30-22)15-9-11-17(28-3)12-10-15/h6-13,20H,5H2,1-4H3,(H,24,31). The molecule has 1 aromatic heterocycles. The third-order valence-electron chi connectivity index (χ3n) is 5.34. The minimum Gasteiger partial charge on any atom is -0.497 e. The molecule has 160 valence electrons. The van der Waals surface area contributed by atoms with Crippen LogP contribution in [0.25, 0.3) is 17.0 Å². The van der Waals surface area contributed by atoms with E-state index in [4.69, 9.17) is 31.2 Å². The number of rotatable bonds is 6. The van der Waals surface area contributed by atoms with E-state index in [2.05, 4.69) is 17.4 Å². The molecule has 1 aliphatic heterocycles. The van der Waals surface area contributed by atoms with Gasteiger partial charge in [-0.2, -0.15) is 4.98 Å². The highest BCUT2D eigenvalue weighted by molar-refractivity contribution is 7.80. The van der Waals surface area contributed by atoms with E-state index in [0.717, 1.165) is 40.4 Å². The fraction of sp³-hybridized carbons (Fsp3) is 0.261. The summed E-state index contributed by atoms with van der Waals surface area (Å²) in [5.74, 6) is 2.50. The zero-order valence-electron chi connectivity index (χ0n) is 17.9. The molecule has 2 aromatic carbocycles. The first-order chi connectivity index (χ1) is 15.0. The number of aromatic nitrogens is 2. The third-order valence-corrected chi connectivity index (χ3v) is 5.68. The Hall–Kier alpha value is -3.39. The molecule has 0 aliphatic carbocycles. The predicted molar refractivity (Wildman–Crippen MR) is 123 cm³/mol. The number of hydrogen-bond acceptors (Lipinski definition) is 6. The number of hydrogen-bond donors (Lipinski definition) is 1. The second-order valence-electron chi connectivity index (χ2n) is 7.05. The van der Waals surface area contributed by atoms with Gasteiger partial charge in [0, 0.05) is 17.8 Å². The normalized spacial score (nSPS) is 16.3. The van der Waals surface area contributed by atoms with Crippen molar-refractivity contribution in [1.29, 1.82) is 0 Å². The largest absolute Gasteiger partial charge is 0.497 e. The Morgan fingerprint density at radius 2 is 1.84 bits per heavy atom. The summed E-state index contributed by atoms with van der Waals surface area (Å²) in [5.41, 5.74) is 3.70. The molecule has 7 nitrogen and oxygen atoms in total. The molecule has 0 saturated carbocycles. The predicted octanol–water partition coefficient (Wildman–Crippen LogP) is 4.44. The van der Waals surface area contributed by atoms with E-state index in [1.807, 2.05) is 60.4 Å². The zero-order chi connectivity index (χ0) is 22.0. The first kappa shape index (κ1) is 20.9. The summed E-state index contributed by atoms with van der Waals surface area (Å²) < 4.78 is 16.4. The van der Waals surface area contributed by atoms with E-state index >= 15 is 0 Å². The number of benzene rings is 2. The van der Waals surface area contributed by atoms with Crippen LogP contribution < -0.4 is 14.8 Å². The Kier molecular flexibility index (Phi) is 5.90. The lowest BCUT2D eigenvalue weighted by Crippen LogP contribution is -2.45. The number of allylic oxidation sites excluding steroid dienone is 1. The van der Waals surface area contributed by atoms with Crippen LogP contribution in [0, 0.1) is 0 Å². The molecule has 0 bridgehead atoms. The van der Waals surface area contributed by atoms with Crippen molar-refractivity contribution in [2.45, 2.75) is 19.9 Å². The first-order valence-corrected chi connectivity index (χ1v) is 10.4. The van der Waals surface area contributed by atoms with Crippen LogP contribution in [0.5, 0.6) is 11.5 Å². The second-order valence-corrected chi connectivity index (χ2v) is 7.44. The molecule has 31 heavy (non-hydrogen) atoms. The van der Waals surface area contributed by atoms with Gasteiger partial charge in [0.05, 0.1) is 25.8 Å². The summed E-state index contributed by atoms with van der Waals surface area (Å²) in [6, 6.07) is 15.2. The van der Waals surface area contributed by atoms with Crippen molar-refractivity contribution in [1.82, 2.24) is 20.4 Å². The molecular weight excluding hydrogens is 412 g/mol. The number of thiocarbonyl (C=S) groups is 1. The third kappa shape index (κ3) is 3.98. The maximum absolute atomic E-state index is 5.73. The van der Waals surface area contributed by atoms with Crippen LogP contribution in [0.15, 0.2) is 58.8 Å². The molecule has 1 aliphatic rings. The minimum absolute atomic E-state index is 0.241. The van der Waals surface area contributed by atoms with Gasteiger partial charge in [-0.1, -0.05) is 17.3 Å². The molecule has 3 aromatic rings. The Bertz CT molecular complexity index is 1120. The summed E-state index contributed by atoms with van der Waals surface area (Å²) in [6.07, 6.45) is 0. The summed E-state index contributed by atoms with van der Waals surface area (Å²) in [6.45, 7) is 4.81. The van der Waals surface area contributed by atoms with Crippen molar-refractivity contribution in [3.63, 3.8) is 0 Å². The van der Waals surface area contributed by atoms with Crippen LogP contribution in [0.3, 0.4) is 0 Å². The van der Waals surface area contributed by atoms with Gasteiger partial charge >= 0.3 is 0 Å². The van der Waals surface area contributed by atoms with E-state index in [0.29, 0.717) is 16.8 Å². The van der Waals surface area contributed by atoms with E-state index in [1.54, 1.807) is 14.2 Å². The fourth-order valence-corrected chi connectivity index (χ4v) is 4.08. The monoisotopic (exact) mass is 436 g/mol. The fourth-order valence-electron chi connectivity index (χ4n) is 3.70. The van der Waals surface area contributed by atoms with E-state index < -0.39 is 0 Å². The molecule has 0 radical (unpaired) electrons. The van der Waals surface area contributed by atoms with Crippen molar-refractivity contribution < 1.29 is 14.0 Å². The SMILES string of the molecule is CCN1C(=S)NC(c2cccc(OC)c2)C(c2nc(-c3ccc(OC)cc3)no2)=C1C. The zero-order valence-corrected chi connectivity index (χ0v) is 18.7. The molecule has 2 heterocycles. The van der Waals surface area contributed by atoms with Gasteiger partial charge < -0.3 is 24.2 Å². The summed E-state index contributed by atoms with van der Waals surface area (Å²) in [4.78, 5) is 6.73. The molecule has 1 unspecified atom stereocenters. The quantitative estimate of drug-likeness (QED) is 0.569. The second kappa shape index (κ2) is 8.77. The summed E-state index contributed by atoms with van der Waals surface area (Å²) in [7, 11) is 3.29. The summed E-state index contributed by atoms with van der Waals surface area (Å²) >= 11 is 5.62. The van der Waals surface area contributed by atoms with Gasteiger partial charge in [0.2, 0.25) is 5.82 Å². The van der Waals surface area contributed by atoms with Crippen LogP contribution in [0.4, 0.5) is 0 Å². The van der Waals surface area contributed by atoms with Gasteiger partial charge in [-0.25, -0.2) is 0 Å². The topological polar surface area (TPSA) is 72.7 Å². The average Bonchev–Trinajstić information content (AvgIpc) is 3.28.